The van der Waals surface area contributed by atoms with Gasteiger partial charge in [-0.2, -0.15) is 13.2 Å². The summed E-state index contributed by atoms with van der Waals surface area (Å²) in [5, 5.41) is 0.564. The molecule has 5 heteroatoms. The predicted octanol–water partition coefficient (Wildman–Crippen LogP) is 5.99. The minimum Gasteiger partial charge on any atom is -0.166 e. The second-order valence-electron chi connectivity index (χ2n) is 4.13. The molecule has 0 saturated carbocycles. The zero-order chi connectivity index (χ0) is 14.2. The maximum absolute atomic E-state index is 12.9. The Morgan fingerprint density at radius 3 is 2.32 bits per heavy atom. The molecule has 0 N–H and O–H groups in total. The van der Waals surface area contributed by atoms with Crippen molar-refractivity contribution in [1.29, 1.82) is 0 Å². The van der Waals surface area contributed by atoms with Gasteiger partial charge in [-0.3, -0.25) is 0 Å². The Hall–Kier alpha value is -1.19. The van der Waals surface area contributed by atoms with E-state index in [1.165, 1.54) is 13.0 Å². The Morgan fingerprint density at radius 2 is 1.68 bits per heavy atom. The summed E-state index contributed by atoms with van der Waals surface area (Å²) >= 11 is 11.9. The highest BCUT2D eigenvalue weighted by Crippen LogP contribution is 2.38. The summed E-state index contributed by atoms with van der Waals surface area (Å²) < 4.78 is 38.6. The van der Waals surface area contributed by atoms with Gasteiger partial charge in [-0.25, -0.2) is 0 Å². The summed E-state index contributed by atoms with van der Waals surface area (Å²) in [5.41, 5.74) is 0.389. The smallest absolute Gasteiger partial charge is 0.166 e. The third-order valence-electron chi connectivity index (χ3n) is 2.81. The van der Waals surface area contributed by atoms with E-state index in [2.05, 4.69) is 0 Å². The van der Waals surface area contributed by atoms with Gasteiger partial charge in [0, 0.05) is 5.56 Å². The molecule has 0 aliphatic carbocycles. The van der Waals surface area contributed by atoms with Crippen molar-refractivity contribution in [3.05, 3.63) is 57.6 Å². The molecule has 0 atom stereocenters. The minimum atomic E-state index is -4.38. The first-order valence-electron chi connectivity index (χ1n) is 5.43. The number of hydrogen-bond acceptors (Lipinski definition) is 0. The van der Waals surface area contributed by atoms with Gasteiger partial charge in [-0.1, -0.05) is 47.5 Å². The summed E-state index contributed by atoms with van der Waals surface area (Å²) in [6.45, 7) is 1.42. The van der Waals surface area contributed by atoms with E-state index in [-0.39, 0.29) is 10.6 Å². The van der Waals surface area contributed by atoms with Crippen LogP contribution >= 0.6 is 23.2 Å². The average Bonchev–Trinajstić information content (AvgIpc) is 2.32. The normalized spacial score (nSPS) is 11.7. The molecule has 0 bridgehead atoms. The third-order valence-corrected chi connectivity index (χ3v) is 3.62. The van der Waals surface area contributed by atoms with Crippen LogP contribution in [0.25, 0.3) is 11.1 Å². The van der Waals surface area contributed by atoms with Crippen LogP contribution in [0.3, 0.4) is 0 Å². The van der Waals surface area contributed by atoms with Gasteiger partial charge in [0.05, 0.1) is 15.6 Å². The van der Waals surface area contributed by atoms with Gasteiger partial charge >= 0.3 is 6.18 Å². The van der Waals surface area contributed by atoms with Crippen LogP contribution in [-0.2, 0) is 6.18 Å². The van der Waals surface area contributed by atoms with Crippen LogP contribution in [-0.4, -0.2) is 0 Å². The summed E-state index contributed by atoms with van der Waals surface area (Å²) in [7, 11) is 0. The molecule has 0 aromatic heterocycles. The van der Waals surface area contributed by atoms with Crippen molar-refractivity contribution < 1.29 is 13.2 Å². The van der Waals surface area contributed by atoms with Gasteiger partial charge < -0.3 is 0 Å². The van der Waals surface area contributed by atoms with E-state index in [1.54, 1.807) is 24.3 Å². The largest absolute Gasteiger partial charge is 0.416 e. The van der Waals surface area contributed by atoms with Gasteiger partial charge in [0.1, 0.15) is 0 Å². The van der Waals surface area contributed by atoms with Gasteiger partial charge in [0.15, 0.2) is 0 Å². The molecule has 0 fully saturated rings. The zero-order valence-corrected chi connectivity index (χ0v) is 11.4. The molecular formula is C14H9Cl2F3. The quantitative estimate of drug-likeness (QED) is 0.607. The van der Waals surface area contributed by atoms with Gasteiger partial charge in [-0.05, 0) is 30.2 Å². The standard InChI is InChI=1S/C14H9Cl2F3/c1-8-5-6-9(7-11(8)14(17,18)19)10-3-2-4-12(15)13(10)16/h2-7H,1H3. The summed E-state index contributed by atoms with van der Waals surface area (Å²) in [6, 6.07) is 8.99. The first kappa shape index (κ1) is 14.2. The third kappa shape index (κ3) is 2.88. The van der Waals surface area contributed by atoms with E-state index in [4.69, 9.17) is 23.2 Å². The summed E-state index contributed by atoms with van der Waals surface area (Å²) in [4.78, 5) is 0. The van der Waals surface area contributed by atoms with Gasteiger partial charge in [0.25, 0.3) is 0 Å². The fourth-order valence-corrected chi connectivity index (χ4v) is 2.23. The van der Waals surface area contributed by atoms with Crippen molar-refractivity contribution >= 4 is 23.2 Å². The van der Waals surface area contributed by atoms with Crippen LogP contribution in [0, 0.1) is 6.92 Å². The number of halogens is 5. The zero-order valence-electron chi connectivity index (χ0n) is 9.85. The highest BCUT2D eigenvalue weighted by atomic mass is 35.5. The Kier molecular flexibility index (Phi) is 3.79. The van der Waals surface area contributed by atoms with Crippen molar-refractivity contribution in [1.82, 2.24) is 0 Å². The highest BCUT2D eigenvalue weighted by Gasteiger charge is 2.32. The van der Waals surface area contributed by atoms with Crippen molar-refractivity contribution in [2.24, 2.45) is 0 Å². The lowest BCUT2D eigenvalue weighted by Gasteiger charge is -2.13. The monoisotopic (exact) mass is 304 g/mol. The van der Waals surface area contributed by atoms with E-state index >= 15 is 0 Å². The molecule has 2 aromatic rings. The van der Waals surface area contributed by atoms with Crippen molar-refractivity contribution in [2.75, 3.05) is 0 Å². The van der Waals surface area contributed by atoms with Gasteiger partial charge in [-0.15, -0.1) is 0 Å². The summed E-state index contributed by atoms with van der Waals surface area (Å²) in [5.74, 6) is 0. The molecule has 2 rings (SSSR count). The number of benzene rings is 2. The molecule has 2 aromatic carbocycles. The van der Waals surface area contributed by atoms with E-state index in [0.29, 0.717) is 16.1 Å². The molecule has 19 heavy (non-hydrogen) atoms. The van der Waals surface area contributed by atoms with Crippen LogP contribution in [0.4, 0.5) is 13.2 Å². The lowest BCUT2D eigenvalue weighted by Crippen LogP contribution is -2.07. The summed E-state index contributed by atoms with van der Waals surface area (Å²) in [6.07, 6.45) is -4.38. The van der Waals surface area contributed by atoms with Crippen molar-refractivity contribution in [3.8, 4) is 11.1 Å². The topological polar surface area (TPSA) is 0 Å². The number of hydrogen-bond donors (Lipinski definition) is 0. The molecule has 0 heterocycles. The molecule has 0 spiro atoms. The predicted molar refractivity (Wildman–Crippen MR) is 71.6 cm³/mol. The molecule has 0 unspecified atom stereocenters. The molecule has 0 radical (unpaired) electrons. The van der Waals surface area contributed by atoms with E-state index in [0.717, 1.165) is 6.07 Å². The van der Waals surface area contributed by atoms with Crippen molar-refractivity contribution in [3.63, 3.8) is 0 Å². The van der Waals surface area contributed by atoms with Crippen LogP contribution in [0.2, 0.25) is 10.0 Å². The molecular weight excluding hydrogens is 296 g/mol. The first-order chi connectivity index (χ1) is 8.80. The van der Waals surface area contributed by atoms with Crippen LogP contribution in [0.15, 0.2) is 36.4 Å². The maximum Gasteiger partial charge on any atom is 0.416 e. The van der Waals surface area contributed by atoms with E-state index in [1.807, 2.05) is 0 Å². The molecule has 0 aliphatic heterocycles. The Balaban J connectivity index is 2.62. The van der Waals surface area contributed by atoms with E-state index in [9.17, 15) is 13.2 Å². The second-order valence-corrected chi connectivity index (χ2v) is 4.91. The van der Waals surface area contributed by atoms with Crippen LogP contribution in [0.5, 0.6) is 0 Å². The number of rotatable bonds is 1. The fourth-order valence-electron chi connectivity index (χ4n) is 1.82. The second kappa shape index (κ2) is 5.06. The SMILES string of the molecule is Cc1ccc(-c2cccc(Cl)c2Cl)cc1C(F)(F)F. The molecule has 0 nitrogen and oxygen atoms in total. The molecule has 0 aliphatic rings. The Bertz CT molecular complexity index is 619. The van der Waals surface area contributed by atoms with Crippen LogP contribution in [0.1, 0.15) is 11.1 Å². The first-order valence-corrected chi connectivity index (χ1v) is 6.18. The Morgan fingerprint density at radius 1 is 1.00 bits per heavy atom. The highest BCUT2D eigenvalue weighted by molar-refractivity contribution is 6.43. The molecule has 0 saturated heterocycles. The minimum absolute atomic E-state index is 0.175. The molecule has 0 amide bonds. The number of aryl methyl sites for hydroxylation is 1. The molecule has 100 valence electrons. The van der Waals surface area contributed by atoms with E-state index < -0.39 is 11.7 Å². The van der Waals surface area contributed by atoms with Gasteiger partial charge in [0.2, 0.25) is 0 Å². The van der Waals surface area contributed by atoms with Crippen molar-refractivity contribution in [2.45, 2.75) is 13.1 Å². The maximum atomic E-state index is 12.9. The average molecular weight is 305 g/mol. The number of alkyl halides is 3. The van der Waals surface area contributed by atoms with Crippen LogP contribution < -0.4 is 0 Å². The lowest BCUT2D eigenvalue weighted by atomic mass is 9.99. The lowest BCUT2D eigenvalue weighted by molar-refractivity contribution is -0.138. The Labute approximate surface area is 118 Å². The fraction of sp³-hybridized carbons (Fsp3) is 0.143.